The Balaban J connectivity index is 1.22. The molecule has 0 spiro atoms. The molecule has 0 aliphatic heterocycles. The zero-order valence-corrected chi connectivity index (χ0v) is 23.8. The van der Waals surface area contributed by atoms with Gasteiger partial charge >= 0.3 is 0 Å². The summed E-state index contributed by atoms with van der Waals surface area (Å²) in [6.07, 6.45) is 13.6. The van der Waals surface area contributed by atoms with Crippen molar-refractivity contribution >= 4 is 16.5 Å². The first kappa shape index (κ1) is 26.6. The summed E-state index contributed by atoms with van der Waals surface area (Å²) in [7, 11) is 0. The molecule has 41 heavy (non-hydrogen) atoms. The van der Waals surface area contributed by atoms with Gasteiger partial charge in [0.1, 0.15) is 0 Å². The van der Waals surface area contributed by atoms with Gasteiger partial charge in [-0.2, -0.15) is 0 Å². The Morgan fingerprint density at radius 2 is 1.39 bits per heavy atom. The van der Waals surface area contributed by atoms with Crippen LogP contribution in [0.5, 0.6) is 0 Å². The Hall–Kier alpha value is -4.62. The Morgan fingerprint density at radius 3 is 2.17 bits per heavy atom. The SMILES string of the molecule is C/C=C(\CCCNc1ccc(-c2cc(-c3ccc4ccccc4c3)ccc2-c2ccccc2)cc1)C1=CC=CCC1. The molecule has 5 aromatic rings. The van der Waals surface area contributed by atoms with Gasteiger partial charge in [-0.15, -0.1) is 0 Å². The van der Waals surface area contributed by atoms with Crippen LogP contribution in [0.15, 0.2) is 151 Å². The highest BCUT2D eigenvalue weighted by atomic mass is 14.9. The van der Waals surface area contributed by atoms with Gasteiger partial charge in [-0.1, -0.05) is 115 Å². The van der Waals surface area contributed by atoms with Crippen LogP contribution in [0.2, 0.25) is 0 Å². The quantitative estimate of drug-likeness (QED) is 0.187. The van der Waals surface area contributed by atoms with Crippen LogP contribution in [0.3, 0.4) is 0 Å². The second kappa shape index (κ2) is 12.7. The van der Waals surface area contributed by atoms with Crippen molar-refractivity contribution in [3.8, 4) is 33.4 Å². The number of allylic oxidation sites excluding steroid dienone is 6. The van der Waals surface area contributed by atoms with Crippen molar-refractivity contribution in [2.24, 2.45) is 0 Å². The molecule has 0 amide bonds. The van der Waals surface area contributed by atoms with E-state index in [0.717, 1.165) is 32.2 Å². The summed E-state index contributed by atoms with van der Waals surface area (Å²) in [5.41, 5.74) is 11.6. The van der Waals surface area contributed by atoms with Crippen molar-refractivity contribution in [2.45, 2.75) is 32.6 Å². The van der Waals surface area contributed by atoms with Crippen LogP contribution in [0.1, 0.15) is 32.6 Å². The lowest BCUT2D eigenvalue weighted by Gasteiger charge is -2.15. The first-order chi connectivity index (χ1) is 20.3. The number of hydrogen-bond donors (Lipinski definition) is 1. The molecule has 1 heteroatoms. The fourth-order valence-corrected chi connectivity index (χ4v) is 5.84. The van der Waals surface area contributed by atoms with Gasteiger partial charge in [0.05, 0.1) is 0 Å². The second-order valence-electron chi connectivity index (χ2n) is 10.8. The molecule has 0 atom stereocenters. The molecule has 1 nitrogen and oxygen atoms in total. The molecule has 0 saturated heterocycles. The van der Waals surface area contributed by atoms with Gasteiger partial charge in [0.2, 0.25) is 0 Å². The van der Waals surface area contributed by atoms with Gasteiger partial charge in [-0.05, 0) is 112 Å². The molecule has 0 bridgehead atoms. The van der Waals surface area contributed by atoms with Crippen molar-refractivity contribution in [3.63, 3.8) is 0 Å². The zero-order valence-electron chi connectivity index (χ0n) is 23.8. The highest BCUT2D eigenvalue weighted by Crippen LogP contribution is 2.37. The summed E-state index contributed by atoms with van der Waals surface area (Å²) in [5, 5.41) is 6.18. The normalized spacial score (nSPS) is 13.3. The van der Waals surface area contributed by atoms with Crippen LogP contribution < -0.4 is 5.32 Å². The monoisotopic (exact) mass is 531 g/mol. The van der Waals surface area contributed by atoms with Crippen LogP contribution in [-0.4, -0.2) is 6.54 Å². The third kappa shape index (κ3) is 6.26. The average molecular weight is 532 g/mol. The van der Waals surface area contributed by atoms with E-state index in [1.54, 1.807) is 0 Å². The van der Waals surface area contributed by atoms with Crippen LogP contribution >= 0.6 is 0 Å². The molecule has 0 unspecified atom stereocenters. The van der Waals surface area contributed by atoms with E-state index in [4.69, 9.17) is 0 Å². The fourth-order valence-electron chi connectivity index (χ4n) is 5.84. The largest absolute Gasteiger partial charge is 0.385 e. The number of rotatable bonds is 9. The number of nitrogens with one attached hydrogen (secondary N) is 1. The second-order valence-corrected chi connectivity index (χ2v) is 10.8. The van der Waals surface area contributed by atoms with E-state index < -0.39 is 0 Å². The first-order valence-corrected chi connectivity index (χ1v) is 14.8. The summed E-state index contributed by atoms with van der Waals surface area (Å²) in [6.45, 7) is 3.13. The minimum absolute atomic E-state index is 0.965. The Kier molecular flexibility index (Phi) is 8.24. The van der Waals surface area contributed by atoms with Crippen molar-refractivity contribution in [3.05, 3.63) is 151 Å². The summed E-state index contributed by atoms with van der Waals surface area (Å²) in [5.74, 6) is 0. The summed E-state index contributed by atoms with van der Waals surface area (Å²) < 4.78 is 0. The van der Waals surface area contributed by atoms with Crippen LogP contribution in [0.25, 0.3) is 44.2 Å². The third-order valence-electron chi connectivity index (χ3n) is 8.11. The highest BCUT2D eigenvalue weighted by molar-refractivity contribution is 5.91. The molecule has 0 aromatic heterocycles. The van der Waals surface area contributed by atoms with Gasteiger partial charge in [0.15, 0.2) is 0 Å². The predicted molar refractivity (Wildman–Crippen MR) is 178 cm³/mol. The number of hydrogen-bond acceptors (Lipinski definition) is 1. The lowest BCUT2D eigenvalue weighted by Crippen LogP contribution is -2.03. The van der Waals surface area contributed by atoms with E-state index in [0.29, 0.717) is 0 Å². The maximum Gasteiger partial charge on any atom is 0.0340 e. The summed E-state index contributed by atoms with van der Waals surface area (Å²) in [4.78, 5) is 0. The fraction of sp³-hybridized carbons (Fsp3) is 0.150. The lowest BCUT2D eigenvalue weighted by molar-refractivity contribution is 0.832. The van der Waals surface area contributed by atoms with E-state index in [9.17, 15) is 0 Å². The van der Waals surface area contributed by atoms with Gasteiger partial charge in [-0.25, -0.2) is 0 Å². The molecule has 202 valence electrons. The molecule has 1 aliphatic carbocycles. The topological polar surface area (TPSA) is 12.0 Å². The van der Waals surface area contributed by atoms with E-state index in [2.05, 4.69) is 152 Å². The lowest BCUT2D eigenvalue weighted by atomic mass is 9.90. The molecule has 1 N–H and O–H groups in total. The molecular weight excluding hydrogens is 494 g/mol. The van der Waals surface area contributed by atoms with Crippen LogP contribution in [-0.2, 0) is 0 Å². The number of benzene rings is 5. The van der Waals surface area contributed by atoms with Crippen LogP contribution in [0.4, 0.5) is 5.69 Å². The van der Waals surface area contributed by atoms with Gasteiger partial charge < -0.3 is 5.32 Å². The molecule has 5 aromatic carbocycles. The van der Waals surface area contributed by atoms with Gasteiger partial charge in [0, 0.05) is 12.2 Å². The average Bonchev–Trinajstić information content (AvgIpc) is 3.05. The number of fused-ring (bicyclic) bond motifs is 1. The standard InChI is InChI=1S/C40H37N/c1-2-30(31-12-5-3-6-13-31)18-11-27-41-38-24-21-34(22-25-38)40-29-37(23-26-39(40)33-15-7-4-8-16-33)36-20-19-32-14-9-10-17-35(32)28-36/h2-5,7-10,12,14-17,19-26,28-29,41H,6,11,13,18,27H2,1H3/b30-2+. The van der Waals surface area contributed by atoms with Gasteiger partial charge in [0.25, 0.3) is 0 Å². The summed E-state index contributed by atoms with van der Waals surface area (Å²) in [6, 6.07) is 41.8. The maximum absolute atomic E-state index is 3.65. The van der Waals surface area contributed by atoms with Crippen molar-refractivity contribution in [2.75, 3.05) is 11.9 Å². The Labute approximate surface area is 244 Å². The highest BCUT2D eigenvalue weighted by Gasteiger charge is 2.11. The first-order valence-electron chi connectivity index (χ1n) is 14.8. The Bertz CT molecular complexity index is 1720. The predicted octanol–water partition coefficient (Wildman–Crippen LogP) is 11.3. The zero-order chi connectivity index (χ0) is 27.9. The van der Waals surface area contributed by atoms with Gasteiger partial charge in [-0.3, -0.25) is 0 Å². The third-order valence-corrected chi connectivity index (χ3v) is 8.11. The molecule has 1 aliphatic rings. The Morgan fingerprint density at radius 1 is 0.683 bits per heavy atom. The van der Waals surface area contributed by atoms with E-state index in [1.807, 2.05) is 0 Å². The van der Waals surface area contributed by atoms with Crippen molar-refractivity contribution in [1.82, 2.24) is 0 Å². The summed E-state index contributed by atoms with van der Waals surface area (Å²) >= 11 is 0. The maximum atomic E-state index is 3.65. The molecule has 0 fully saturated rings. The molecule has 0 saturated carbocycles. The van der Waals surface area contributed by atoms with Crippen molar-refractivity contribution < 1.29 is 0 Å². The van der Waals surface area contributed by atoms with Crippen molar-refractivity contribution in [1.29, 1.82) is 0 Å². The molecule has 0 heterocycles. The smallest absolute Gasteiger partial charge is 0.0340 e. The van der Waals surface area contributed by atoms with E-state index in [1.165, 1.54) is 61.0 Å². The minimum Gasteiger partial charge on any atom is -0.385 e. The number of anilines is 1. The molecule has 0 radical (unpaired) electrons. The molecular formula is C40H37N. The van der Waals surface area contributed by atoms with E-state index in [-0.39, 0.29) is 0 Å². The van der Waals surface area contributed by atoms with E-state index >= 15 is 0 Å². The molecule has 6 rings (SSSR count). The minimum atomic E-state index is 0.965. The van der Waals surface area contributed by atoms with Crippen LogP contribution in [0, 0.1) is 0 Å².